The second kappa shape index (κ2) is 5.36. The van der Waals surface area contributed by atoms with Crippen LogP contribution in [0.25, 0.3) is 0 Å². The van der Waals surface area contributed by atoms with Crippen molar-refractivity contribution in [2.75, 3.05) is 14.2 Å². The molecule has 0 saturated heterocycles. The summed E-state index contributed by atoms with van der Waals surface area (Å²) in [5.74, 6) is -2.06. The quantitative estimate of drug-likeness (QED) is 0.765. The minimum absolute atomic E-state index is 0.266. The summed E-state index contributed by atoms with van der Waals surface area (Å²) in [4.78, 5) is 23.2. The molecule has 0 bridgehead atoms. The van der Waals surface area contributed by atoms with Crippen LogP contribution in [-0.2, 0) is 19.1 Å². The molecule has 1 rings (SSSR count). The van der Waals surface area contributed by atoms with Crippen molar-refractivity contribution in [1.82, 2.24) is 5.32 Å². The van der Waals surface area contributed by atoms with Crippen molar-refractivity contribution >= 4 is 11.9 Å². The molecule has 0 spiro atoms. The number of carbonyl (C=O) groups is 2. The highest BCUT2D eigenvalue weighted by Gasteiger charge is 2.68. The van der Waals surface area contributed by atoms with Gasteiger partial charge in [-0.05, 0) is 19.8 Å². The number of ether oxygens (including phenoxy) is 2. The molecule has 19 heavy (non-hydrogen) atoms. The molecule has 1 amide bonds. The minimum atomic E-state index is -4.62. The average Bonchev–Trinajstić information content (AvgIpc) is 3.14. The molecule has 110 valence electrons. The lowest BCUT2D eigenvalue weighted by Crippen LogP contribution is -2.53. The maximum absolute atomic E-state index is 12.8. The van der Waals surface area contributed by atoms with Gasteiger partial charge in [-0.1, -0.05) is 0 Å². The van der Waals surface area contributed by atoms with E-state index in [0.717, 1.165) is 7.11 Å². The van der Waals surface area contributed by atoms with Crippen molar-refractivity contribution < 1.29 is 32.2 Å². The first-order valence-corrected chi connectivity index (χ1v) is 5.68. The van der Waals surface area contributed by atoms with E-state index >= 15 is 0 Å². The van der Waals surface area contributed by atoms with E-state index in [9.17, 15) is 22.8 Å². The van der Waals surface area contributed by atoms with Crippen LogP contribution in [0.5, 0.6) is 0 Å². The summed E-state index contributed by atoms with van der Waals surface area (Å²) in [6, 6.07) is -1.26. The normalized spacial score (nSPS) is 20.3. The van der Waals surface area contributed by atoms with Crippen LogP contribution in [-0.4, -0.2) is 44.4 Å². The van der Waals surface area contributed by atoms with Gasteiger partial charge in [0.25, 0.3) is 0 Å². The van der Waals surface area contributed by atoms with Crippen LogP contribution in [0.4, 0.5) is 13.2 Å². The maximum atomic E-state index is 12.8. The highest BCUT2D eigenvalue weighted by Crippen LogP contribution is 2.57. The van der Waals surface area contributed by atoms with Crippen LogP contribution in [0, 0.1) is 5.41 Å². The topological polar surface area (TPSA) is 64.6 Å². The number of alkyl halides is 3. The molecule has 1 saturated carbocycles. The number of hydrogen-bond acceptors (Lipinski definition) is 4. The lowest BCUT2D eigenvalue weighted by molar-refractivity contribution is -0.193. The molecule has 0 aromatic rings. The first kappa shape index (κ1) is 15.7. The van der Waals surface area contributed by atoms with Crippen molar-refractivity contribution in [3.8, 4) is 0 Å². The van der Waals surface area contributed by atoms with Gasteiger partial charge in [0.1, 0.15) is 5.41 Å². The molecule has 0 radical (unpaired) electrons. The Morgan fingerprint density at radius 2 is 1.79 bits per heavy atom. The third kappa shape index (κ3) is 2.99. The van der Waals surface area contributed by atoms with Gasteiger partial charge in [-0.2, -0.15) is 13.2 Å². The molecule has 8 heteroatoms. The van der Waals surface area contributed by atoms with E-state index in [1.807, 2.05) is 0 Å². The highest BCUT2D eigenvalue weighted by atomic mass is 19.4. The van der Waals surface area contributed by atoms with Gasteiger partial charge in [-0.25, -0.2) is 4.79 Å². The Hall–Kier alpha value is -1.31. The van der Waals surface area contributed by atoms with Crippen LogP contribution in [0.15, 0.2) is 0 Å². The second-order valence-corrected chi connectivity index (χ2v) is 4.49. The number of esters is 1. The number of hydrogen-bond donors (Lipinski definition) is 1. The van der Waals surface area contributed by atoms with Gasteiger partial charge in [-0.15, -0.1) is 0 Å². The number of halogens is 3. The van der Waals surface area contributed by atoms with E-state index in [4.69, 9.17) is 4.74 Å². The van der Waals surface area contributed by atoms with Crippen molar-refractivity contribution in [3.63, 3.8) is 0 Å². The van der Waals surface area contributed by atoms with Gasteiger partial charge in [0.05, 0.1) is 13.2 Å². The molecular formula is C11H16F3NO4. The molecule has 2 atom stereocenters. The lowest BCUT2D eigenvalue weighted by Gasteiger charge is -2.25. The fourth-order valence-corrected chi connectivity index (χ4v) is 1.67. The molecule has 1 aliphatic carbocycles. The van der Waals surface area contributed by atoms with Crippen LogP contribution >= 0.6 is 0 Å². The van der Waals surface area contributed by atoms with E-state index in [0.29, 0.717) is 0 Å². The van der Waals surface area contributed by atoms with Crippen molar-refractivity contribution in [2.24, 2.45) is 5.41 Å². The Kier molecular flexibility index (Phi) is 4.44. The molecular weight excluding hydrogens is 267 g/mol. The van der Waals surface area contributed by atoms with Crippen LogP contribution in [0.2, 0.25) is 0 Å². The summed E-state index contributed by atoms with van der Waals surface area (Å²) in [5.41, 5.74) is -2.37. The van der Waals surface area contributed by atoms with Crippen molar-refractivity contribution in [1.29, 1.82) is 0 Å². The third-order valence-electron chi connectivity index (χ3n) is 3.31. The molecule has 1 fully saturated rings. The summed E-state index contributed by atoms with van der Waals surface area (Å²) in [7, 11) is 2.37. The molecule has 0 heterocycles. The van der Waals surface area contributed by atoms with Gasteiger partial charge in [0.2, 0.25) is 5.91 Å². The maximum Gasteiger partial charge on any atom is 0.403 e. The van der Waals surface area contributed by atoms with E-state index in [2.05, 4.69) is 10.1 Å². The number of methoxy groups -OCH3 is 2. The summed E-state index contributed by atoms with van der Waals surface area (Å²) in [6.07, 6.45) is -5.94. The Balaban J connectivity index is 2.81. The summed E-state index contributed by atoms with van der Waals surface area (Å²) in [5, 5.41) is 2.07. The Labute approximate surface area is 108 Å². The van der Waals surface area contributed by atoms with Crippen molar-refractivity contribution in [2.45, 2.75) is 38.1 Å². The first-order valence-electron chi connectivity index (χ1n) is 5.68. The van der Waals surface area contributed by atoms with Gasteiger partial charge >= 0.3 is 12.1 Å². The van der Waals surface area contributed by atoms with Gasteiger partial charge in [-0.3, -0.25) is 4.79 Å². The highest BCUT2D eigenvalue weighted by molar-refractivity contribution is 5.90. The third-order valence-corrected chi connectivity index (χ3v) is 3.31. The summed E-state index contributed by atoms with van der Waals surface area (Å²) < 4.78 is 47.6. The Bertz CT molecular complexity index is 365. The van der Waals surface area contributed by atoms with E-state index in [1.54, 1.807) is 0 Å². The van der Waals surface area contributed by atoms with E-state index in [1.165, 1.54) is 14.0 Å². The zero-order valence-electron chi connectivity index (χ0n) is 10.8. The van der Waals surface area contributed by atoms with E-state index in [-0.39, 0.29) is 12.8 Å². The smallest absolute Gasteiger partial charge is 0.403 e. The van der Waals surface area contributed by atoms with Gasteiger partial charge < -0.3 is 14.8 Å². The fourth-order valence-electron chi connectivity index (χ4n) is 1.67. The number of amides is 1. The average molecular weight is 283 g/mol. The predicted molar refractivity (Wildman–Crippen MR) is 58.1 cm³/mol. The number of nitrogens with one attached hydrogen (secondary N) is 1. The molecule has 1 N–H and O–H groups in total. The second-order valence-electron chi connectivity index (χ2n) is 4.49. The monoisotopic (exact) mass is 283 g/mol. The van der Waals surface area contributed by atoms with Gasteiger partial charge in [0, 0.05) is 7.11 Å². The Morgan fingerprint density at radius 3 is 2.11 bits per heavy atom. The molecule has 0 aliphatic heterocycles. The van der Waals surface area contributed by atoms with Crippen LogP contribution < -0.4 is 5.32 Å². The van der Waals surface area contributed by atoms with Crippen LogP contribution in [0.3, 0.4) is 0 Å². The lowest BCUT2D eigenvalue weighted by atomic mass is 10.0. The number of rotatable bonds is 5. The Morgan fingerprint density at radius 1 is 1.26 bits per heavy atom. The molecule has 1 aliphatic rings. The SMILES string of the molecule is COC(=O)[C@@H](NC(=O)C1(C(F)(F)F)CC1)[C@@H](C)OC. The largest absolute Gasteiger partial charge is 0.467 e. The molecule has 0 aromatic carbocycles. The summed E-state index contributed by atoms with van der Waals surface area (Å²) in [6.45, 7) is 1.45. The summed E-state index contributed by atoms with van der Waals surface area (Å²) >= 11 is 0. The van der Waals surface area contributed by atoms with Crippen molar-refractivity contribution in [3.05, 3.63) is 0 Å². The standard InChI is InChI=1S/C11H16F3NO4/c1-6(18-2)7(8(16)19-3)15-9(17)10(4-5-10)11(12,13)14/h6-7H,4-5H2,1-3H3,(H,15,17)/t6-,7+/m1/s1. The molecule has 0 unspecified atom stereocenters. The van der Waals surface area contributed by atoms with Crippen LogP contribution in [0.1, 0.15) is 19.8 Å². The molecule has 5 nitrogen and oxygen atoms in total. The predicted octanol–water partition coefficient (Wildman–Crippen LogP) is 1.02. The zero-order chi connectivity index (χ0) is 14.8. The van der Waals surface area contributed by atoms with Gasteiger partial charge in [0.15, 0.2) is 6.04 Å². The number of carbonyl (C=O) groups excluding carboxylic acids is 2. The fraction of sp³-hybridized carbons (Fsp3) is 0.818. The minimum Gasteiger partial charge on any atom is -0.467 e. The first-order chi connectivity index (χ1) is 8.69. The van der Waals surface area contributed by atoms with E-state index < -0.39 is 35.6 Å². The zero-order valence-corrected chi connectivity index (χ0v) is 10.8. The molecule has 0 aromatic heterocycles.